The molecule has 0 aliphatic heterocycles. The number of hydrogen-bond donors (Lipinski definition) is 0. The molecular weight excluding hydrogens is 446 g/mol. The van der Waals surface area contributed by atoms with E-state index in [0.29, 0.717) is 17.5 Å². The van der Waals surface area contributed by atoms with Crippen molar-refractivity contribution in [2.75, 3.05) is 0 Å². The predicted octanol–water partition coefficient (Wildman–Crippen LogP) is 7.30. The normalized spacial score (nSPS) is 10.7. The summed E-state index contributed by atoms with van der Waals surface area (Å²) in [6.45, 7) is 0. The molecule has 31 heavy (non-hydrogen) atoms. The Hall–Kier alpha value is -3.63. The van der Waals surface area contributed by atoms with Gasteiger partial charge < -0.3 is 0 Å². The number of nitrogens with zero attached hydrogens (tertiary/aromatic N) is 3. The summed E-state index contributed by atoms with van der Waals surface area (Å²) >= 11 is 3.50. The highest BCUT2D eigenvalue weighted by molar-refractivity contribution is 9.10. The fraction of sp³-hybridized carbons (Fsp3) is 0. The molecule has 0 saturated heterocycles. The van der Waals surface area contributed by atoms with Crippen molar-refractivity contribution in [1.29, 1.82) is 0 Å². The first-order chi connectivity index (χ1) is 15.3. The molecule has 0 aliphatic rings. The molecule has 0 aliphatic carbocycles. The molecule has 148 valence electrons. The van der Waals surface area contributed by atoms with Crippen LogP contribution in [0, 0.1) is 0 Å². The maximum absolute atomic E-state index is 4.82. The molecule has 0 atom stereocenters. The molecule has 0 N–H and O–H groups in total. The van der Waals surface area contributed by atoms with Gasteiger partial charge in [0, 0.05) is 21.2 Å². The molecule has 4 heteroatoms. The van der Waals surface area contributed by atoms with Gasteiger partial charge in [-0.15, -0.1) is 0 Å². The molecule has 3 nitrogen and oxygen atoms in total. The van der Waals surface area contributed by atoms with E-state index in [1.54, 1.807) is 0 Å². The molecule has 0 spiro atoms. The Morgan fingerprint density at radius 3 is 1.39 bits per heavy atom. The average molecular weight is 464 g/mol. The van der Waals surface area contributed by atoms with Crippen LogP contribution < -0.4 is 0 Å². The van der Waals surface area contributed by atoms with Crippen LogP contribution in [-0.4, -0.2) is 15.0 Å². The lowest BCUT2D eigenvalue weighted by Gasteiger charge is -2.09. The van der Waals surface area contributed by atoms with Gasteiger partial charge in [0.2, 0.25) is 0 Å². The third kappa shape index (κ3) is 4.30. The standard InChI is InChI=1S/C27H18BrN3/c28-24-16-14-19(15-17-24)22-12-7-13-23(18-22)27-30-25(20-8-3-1-4-9-20)29-26(31-27)21-10-5-2-6-11-21/h1-18H. The van der Waals surface area contributed by atoms with Crippen molar-refractivity contribution in [2.45, 2.75) is 0 Å². The highest BCUT2D eigenvalue weighted by Crippen LogP contribution is 2.28. The minimum Gasteiger partial charge on any atom is -0.208 e. The van der Waals surface area contributed by atoms with Crippen molar-refractivity contribution in [1.82, 2.24) is 15.0 Å². The van der Waals surface area contributed by atoms with E-state index in [1.807, 2.05) is 84.9 Å². The molecule has 4 aromatic carbocycles. The van der Waals surface area contributed by atoms with Gasteiger partial charge in [0.05, 0.1) is 0 Å². The summed E-state index contributed by atoms with van der Waals surface area (Å²) in [5.41, 5.74) is 5.15. The predicted molar refractivity (Wildman–Crippen MR) is 129 cm³/mol. The third-order valence-corrected chi connectivity index (χ3v) is 5.53. The lowest BCUT2D eigenvalue weighted by atomic mass is 10.0. The quantitative estimate of drug-likeness (QED) is 0.280. The summed E-state index contributed by atoms with van der Waals surface area (Å²) in [4.78, 5) is 14.4. The van der Waals surface area contributed by atoms with Gasteiger partial charge in [0.25, 0.3) is 0 Å². The van der Waals surface area contributed by atoms with Crippen molar-refractivity contribution in [2.24, 2.45) is 0 Å². The summed E-state index contributed by atoms with van der Waals surface area (Å²) in [5, 5.41) is 0. The summed E-state index contributed by atoms with van der Waals surface area (Å²) in [6, 6.07) is 36.6. The Labute approximate surface area is 189 Å². The summed E-state index contributed by atoms with van der Waals surface area (Å²) in [6.07, 6.45) is 0. The van der Waals surface area contributed by atoms with Crippen LogP contribution in [0.3, 0.4) is 0 Å². The van der Waals surface area contributed by atoms with E-state index >= 15 is 0 Å². The smallest absolute Gasteiger partial charge is 0.164 e. The van der Waals surface area contributed by atoms with Crippen LogP contribution in [0.25, 0.3) is 45.3 Å². The zero-order valence-electron chi connectivity index (χ0n) is 16.6. The number of rotatable bonds is 4. The van der Waals surface area contributed by atoms with Gasteiger partial charge in [-0.3, -0.25) is 0 Å². The van der Waals surface area contributed by atoms with Crippen molar-refractivity contribution in [3.8, 4) is 45.3 Å². The number of halogens is 1. The number of benzene rings is 4. The molecule has 0 radical (unpaired) electrons. The molecule has 0 saturated carbocycles. The second-order valence-electron chi connectivity index (χ2n) is 7.13. The molecule has 0 bridgehead atoms. The fourth-order valence-corrected chi connectivity index (χ4v) is 3.68. The highest BCUT2D eigenvalue weighted by atomic mass is 79.9. The monoisotopic (exact) mass is 463 g/mol. The molecule has 0 fully saturated rings. The largest absolute Gasteiger partial charge is 0.208 e. The first-order valence-electron chi connectivity index (χ1n) is 9.99. The van der Waals surface area contributed by atoms with E-state index in [2.05, 4.69) is 40.2 Å². The molecular formula is C27H18BrN3. The van der Waals surface area contributed by atoms with Crippen molar-refractivity contribution < 1.29 is 0 Å². The minimum atomic E-state index is 0.659. The molecule has 1 heterocycles. The van der Waals surface area contributed by atoms with E-state index in [4.69, 9.17) is 15.0 Å². The third-order valence-electron chi connectivity index (χ3n) is 5.00. The van der Waals surface area contributed by atoms with Gasteiger partial charge >= 0.3 is 0 Å². The zero-order valence-corrected chi connectivity index (χ0v) is 18.2. The molecule has 0 unspecified atom stereocenters. The summed E-state index contributed by atoms with van der Waals surface area (Å²) in [7, 11) is 0. The average Bonchev–Trinajstić information content (AvgIpc) is 2.85. The van der Waals surface area contributed by atoms with Gasteiger partial charge in [0.1, 0.15) is 0 Å². The van der Waals surface area contributed by atoms with Gasteiger partial charge in [0.15, 0.2) is 17.5 Å². The topological polar surface area (TPSA) is 38.7 Å². The van der Waals surface area contributed by atoms with Crippen molar-refractivity contribution in [3.05, 3.63) is 114 Å². The second-order valence-corrected chi connectivity index (χ2v) is 8.04. The van der Waals surface area contributed by atoms with E-state index in [-0.39, 0.29) is 0 Å². The van der Waals surface area contributed by atoms with Gasteiger partial charge in [-0.25, -0.2) is 15.0 Å². The van der Waals surface area contributed by atoms with E-state index < -0.39 is 0 Å². The fourth-order valence-electron chi connectivity index (χ4n) is 3.42. The number of hydrogen-bond acceptors (Lipinski definition) is 3. The molecule has 1 aromatic heterocycles. The molecule has 5 rings (SSSR count). The second kappa shape index (κ2) is 8.62. The van der Waals surface area contributed by atoms with E-state index in [0.717, 1.165) is 32.3 Å². The van der Waals surface area contributed by atoms with Crippen molar-refractivity contribution in [3.63, 3.8) is 0 Å². The zero-order chi connectivity index (χ0) is 21.0. The Kier molecular flexibility index (Phi) is 5.38. The van der Waals surface area contributed by atoms with Crippen LogP contribution in [0.4, 0.5) is 0 Å². The first-order valence-corrected chi connectivity index (χ1v) is 10.8. The number of aromatic nitrogens is 3. The maximum atomic E-state index is 4.82. The van der Waals surface area contributed by atoms with Crippen LogP contribution in [0.15, 0.2) is 114 Å². The highest BCUT2D eigenvalue weighted by Gasteiger charge is 2.12. The van der Waals surface area contributed by atoms with Crippen molar-refractivity contribution >= 4 is 15.9 Å². The van der Waals surface area contributed by atoms with Gasteiger partial charge in [-0.2, -0.15) is 0 Å². The van der Waals surface area contributed by atoms with Crippen LogP contribution in [0.1, 0.15) is 0 Å². The van der Waals surface area contributed by atoms with Crippen LogP contribution in [-0.2, 0) is 0 Å². The van der Waals surface area contributed by atoms with Gasteiger partial charge in [-0.05, 0) is 29.3 Å². The van der Waals surface area contributed by atoms with E-state index in [1.165, 1.54) is 0 Å². The SMILES string of the molecule is Brc1ccc(-c2cccc(-c3nc(-c4ccccc4)nc(-c4ccccc4)n3)c2)cc1. The maximum Gasteiger partial charge on any atom is 0.164 e. The Morgan fingerprint density at radius 2 is 0.839 bits per heavy atom. The molecule has 0 amide bonds. The van der Waals surface area contributed by atoms with E-state index in [9.17, 15) is 0 Å². The van der Waals surface area contributed by atoms with Gasteiger partial charge in [-0.1, -0.05) is 107 Å². The van der Waals surface area contributed by atoms with Crippen LogP contribution >= 0.6 is 15.9 Å². The Bertz CT molecular complexity index is 1260. The van der Waals surface area contributed by atoms with Crippen LogP contribution in [0.2, 0.25) is 0 Å². The summed E-state index contributed by atoms with van der Waals surface area (Å²) in [5.74, 6) is 1.99. The first kappa shape index (κ1) is 19.3. The molecule has 5 aromatic rings. The lowest BCUT2D eigenvalue weighted by Crippen LogP contribution is -2.00. The van der Waals surface area contributed by atoms with Crippen LogP contribution in [0.5, 0.6) is 0 Å². The summed E-state index contributed by atoms with van der Waals surface area (Å²) < 4.78 is 1.06. The Morgan fingerprint density at radius 1 is 0.387 bits per heavy atom. The Balaban J connectivity index is 1.65. The lowest BCUT2D eigenvalue weighted by molar-refractivity contribution is 1.07. The minimum absolute atomic E-state index is 0.659.